The second kappa shape index (κ2) is 3.71. The quantitative estimate of drug-likeness (QED) is 0.528. The minimum atomic E-state index is 0.0697. The molecule has 0 saturated heterocycles. The third-order valence-corrected chi connectivity index (χ3v) is 2.16. The molecule has 0 radical (unpaired) electrons. The van der Waals surface area contributed by atoms with E-state index in [0.29, 0.717) is 0 Å². The predicted octanol–water partition coefficient (Wildman–Crippen LogP) is 1.69. The standard InChI is InChI=1S/C8H16N2/c9-7-5-3-1-2-4-6-8(7)10/h7,10H,1-6,9H2. The van der Waals surface area contributed by atoms with Gasteiger partial charge < -0.3 is 11.1 Å². The Balaban J connectivity index is 2.35. The molecular formula is C8H16N2. The molecule has 0 aromatic carbocycles. The SMILES string of the molecule is N=C1CCCCCCC1N. The van der Waals surface area contributed by atoms with Gasteiger partial charge in [0, 0.05) is 11.8 Å². The van der Waals surface area contributed by atoms with Gasteiger partial charge in [0.15, 0.2) is 0 Å². The summed E-state index contributed by atoms with van der Waals surface area (Å²) in [6, 6.07) is 0.0697. The van der Waals surface area contributed by atoms with Gasteiger partial charge in [-0.1, -0.05) is 19.3 Å². The first-order chi connectivity index (χ1) is 4.80. The summed E-state index contributed by atoms with van der Waals surface area (Å²) in [5, 5.41) is 7.51. The fourth-order valence-corrected chi connectivity index (χ4v) is 1.39. The van der Waals surface area contributed by atoms with Gasteiger partial charge >= 0.3 is 0 Å². The van der Waals surface area contributed by atoms with E-state index in [1.54, 1.807) is 0 Å². The van der Waals surface area contributed by atoms with Crippen molar-refractivity contribution in [2.45, 2.75) is 44.6 Å². The molecule has 1 fully saturated rings. The largest absolute Gasteiger partial charge is 0.323 e. The lowest BCUT2D eigenvalue weighted by molar-refractivity contribution is 0.571. The van der Waals surface area contributed by atoms with E-state index in [1.807, 2.05) is 0 Å². The highest BCUT2D eigenvalue weighted by Gasteiger charge is 2.10. The van der Waals surface area contributed by atoms with Crippen LogP contribution in [0.25, 0.3) is 0 Å². The molecule has 1 aliphatic rings. The molecule has 1 unspecified atom stereocenters. The number of hydrogen-bond acceptors (Lipinski definition) is 2. The van der Waals surface area contributed by atoms with Crippen molar-refractivity contribution in [3.8, 4) is 0 Å². The van der Waals surface area contributed by atoms with Crippen molar-refractivity contribution in [2.24, 2.45) is 5.73 Å². The first-order valence-corrected chi connectivity index (χ1v) is 4.13. The van der Waals surface area contributed by atoms with E-state index in [1.165, 1.54) is 25.7 Å². The first-order valence-electron chi connectivity index (χ1n) is 4.13. The van der Waals surface area contributed by atoms with E-state index in [0.717, 1.165) is 18.6 Å². The Labute approximate surface area is 62.3 Å². The summed E-state index contributed by atoms with van der Waals surface area (Å²) < 4.78 is 0. The molecule has 1 saturated carbocycles. The molecule has 2 heteroatoms. The minimum absolute atomic E-state index is 0.0697. The molecule has 0 heterocycles. The number of hydrogen-bond donors (Lipinski definition) is 2. The number of nitrogens with two attached hydrogens (primary N) is 1. The highest BCUT2D eigenvalue weighted by Crippen LogP contribution is 2.13. The van der Waals surface area contributed by atoms with Crippen molar-refractivity contribution in [3.05, 3.63) is 0 Å². The fourth-order valence-electron chi connectivity index (χ4n) is 1.39. The monoisotopic (exact) mass is 140 g/mol. The van der Waals surface area contributed by atoms with Crippen molar-refractivity contribution in [3.63, 3.8) is 0 Å². The van der Waals surface area contributed by atoms with Gasteiger partial charge in [-0.3, -0.25) is 0 Å². The average molecular weight is 140 g/mol. The van der Waals surface area contributed by atoms with Crippen LogP contribution in [0.5, 0.6) is 0 Å². The molecule has 0 aliphatic heterocycles. The Morgan fingerprint density at radius 3 is 2.70 bits per heavy atom. The Morgan fingerprint density at radius 1 is 1.20 bits per heavy atom. The second-order valence-electron chi connectivity index (χ2n) is 3.08. The zero-order valence-electron chi connectivity index (χ0n) is 6.40. The van der Waals surface area contributed by atoms with Crippen molar-refractivity contribution >= 4 is 5.71 Å². The Bertz CT molecular complexity index is 120. The average Bonchev–Trinajstić information content (AvgIpc) is 1.92. The molecule has 10 heavy (non-hydrogen) atoms. The molecule has 1 aliphatic carbocycles. The van der Waals surface area contributed by atoms with Crippen LogP contribution in [0.2, 0.25) is 0 Å². The van der Waals surface area contributed by atoms with Crippen LogP contribution < -0.4 is 5.73 Å². The number of nitrogens with one attached hydrogen (secondary N) is 1. The van der Waals surface area contributed by atoms with E-state index in [-0.39, 0.29) is 6.04 Å². The Hall–Kier alpha value is -0.370. The molecule has 0 bridgehead atoms. The molecule has 3 N–H and O–H groups in total. The van der Waals surface area contributed by atoms with Gasteiger partial charge in [-0.05, 0) is 19.3 Å². The highest BCUT2D eigenvalue weighted by molar-refractivity contribution is 5.86. The maximum Gasteiger partial charge on any atom is 0.0423 e. The normalized spacial score (nSPS) is 29.3. The third-order valence-electron chi connectivity index (χ3n) is 2.16. The van der Waals surface area contributed by atoms with E-state index in [2.05, 4.69) is 0 Å². The van der Waals surface area contributed by atoms with E-state index in [4.69, 9.17) is 11.1 Å². The summed E-state index contributed by atoms with van der Waals surface area (Å²) in [5.74, 6) is 0. The Kier molecular flexibility index (Phi) is 2.87. The van der Waals surface area contributed by atoms with Crippen molar-refractivity contribution < 1.29 is 0 Å². The van der Waals surface area contributed by atoms with E-state index in [9.17, 15) is 0 Å². The van der Waals surface area contributed by atoms with Crippen molar-refractivity contribution in [1.29, 1.82) is 5.41 Å². The predicted molar refractivity (Wildman–Crippen MR) is 43.4 cm³/mol. The smallest absolute Gasteiger partial charge is 0.0423 e. The van der Waals surface area contributed by atoms with Gasteiger partial charge in [-0.15, -0.1) is 0 Å². The first kappa shape index (κ1) is 7.73. The summed E-state index contributed by atoms with van der Waals surface area (Å²) in [6.07, 6.45) is 6.94. The summed E-state index contributed by atoms with van der Waals surface area (Å²) in [6.45, 7) is 0. The van der Waals surface area contributed by atoms with Gasteiger partial charge in [-0.2, -0.15) is 0 Å². The summed E-state index contributed by atoms with van der Waals surface area (Å²) >= 11 is 0. The van der Waals surface area contributed by atoms with E-state index < -0.39 is 0 Å². The maximum absolute atomic E-state index is 7.51. The lowest BCUT2D eigenvalue weighted by Gasteiger charge is -2.15. The molecule has 0 aromatic heterocycles. The molecule has 0 amide bonds. The molecule has 1 rings (SSSR count). The summed E-state index contributed by atoms with van der Waals surface area (Å²) in [5.41, 5.74) is 6.49. The second-order valence-corrected chi connectivity index (χ2v) is 3.08. The van der Waals surface area contributed by atoms with Gasteiger partial charge in [0.2, 0.25) is 0 Å². The van der Waals surface area contributed by atoms with Crippen LogP contribution in [0.15, 0.2) is 0 Å². The summed E-state index contributed by atoms with van der Waals surface area (Å²) in [7, 11) is 0. The van der Waals surface area contributed by atoms with Gasteiger partial charge in [0.25, 0.3) is 0 Å². The Morgan fingerprint density at radius 2 is 1.90 bits per heavy atom. The van der Waals surface area contributed by atoms with Gasteiger partial charge in [0.1, 0.15) is 0 Å². The maximum atomic E-state index is 7.51. The van der Waals surface area contributed by atoms with Gasteiger partial charge in [0.05, 0.1) is 0 Å². The zero-order chi connectivity index (χ0) is 7.40. The van der Waals surface area contributed by atoms with Crippen LogP contribution in [0.3, 0.4) is 0 Å². The van der Waals surface area contributed by atoms with Crippen molar-refractivity contribution in [1.82, 2.24) is 0 Å². The van der Waals surface area contributed by atoms with Crippen LogP contribution in [-0.4, -0.2) is 11.8 Å². The van der Waals surface area contributed by atoms with Crippen LogP contribution in [0, 0.1) is 5.41 Å². The van der Waals surface area contributed by atoms with Crippen molar-refractivity contribution in [2.75, 3.05) is 0 Å². The van der Waals surface area contributed by atoms with Gasteiger partial charge in [-0.25, -0.2) is 0 Å². The van der Waals surface area contributed by atoms with Crippen LogP contribution in [-0.2, 0) is 0 Å². The van der Waals surface area contributed by atoms with E-state index >= 15 is 0 Å². The topological polar surface area (TPSA) is 49.9 Å². The highest BCUT2D eigenvalue weighted by atomic mass is 14.7. The molecule has 1 atom stereocenters. The molecule has 0 aromatic rings. The van der Waals surface area contributed by atoms with Crippen LogP contribution in [0.1, 0.15) is 38.5 Å². The molecule has 2 nitrogen and oxygen atoms in total. The number of rotatable bonds is 0. The lowest BCUT2D eigenvalue weighted by Crippen LogP contribution is -2.30. The molecular weight excluding hydrogens is 124 g/mol. The van der Waals surface area contributed by atoms with Crippen LogP contribution in [0.4, 0.5) is 0 Å². The zero-order valence-corrected chi connectivity index (χ0v) is 6.40. The third kappa shape index (κ3) is 2.10. The lowest BCUT2D eigenvalue weighted by atomic mass is 9.96. The minimum Gasteiger partial charge on any atom is -0.323 e. The fraction of sp³-hybridized carbons (Fsp3) is 0.875. The molecule has 58 valence electrons. The summed E-state index contributed by atoms with van der Waals surface area (Å²) in [4.78, 5) is 0. The molecule has 0 spiro atoms. The van der Waals surface area contributed by atoms with Crippen LogP contribution >= 0.6 is 0 Å².